The van der Waals surface area contributed by atoms with Gasteiger partial charge in [0.1, 0.15) is 28.7 Å². The lowest BCUT2D eigenvalue weighted by atomic mass is 9.66. The number of nitrogens with zero attached hydrogens (tertiary/aromatic N) is 3. The molecule has 5 nitrogen and oxygen atoms in total. The molecular formula is C60H41N3O2. The molecule has 5 heteroatoms. The maximum atomic E-state index is 6.85. The van der Waals surface area contributed by atoms with E-state index in [4.69, 9.17) is 24.1 Å². The van der Waals surface area contributed by atoms with Crippen LogP contribution in [-0.4, -0.2) is 15.0 Å². The van der Waals surface area contributed by atoms with Crippen molar-refractivity contribution in [3.63, 3.8) is 0 Å². The lowest BCUT2D eigenvalue weighted by Gasteiger charge is -2.39. The molecule has 2 atom stereocenters. The summed E-state index contributed by atoms with van der Waals surface area (Å²) in [6, 6.07) is 59.9. The number of hydrogen-bond acceptors (Lipinski definition) is 5. The average molecular weight is 836 g/mol. The van der Waals surface area contributed by atoms with Crippen molar-refractivity contribution in [3.05, 3.63) is 251 Å². The van der Waals surface area contributed by atoms with Crippen molar-refractivity contribution in [1.82, 2.24) is 15.0 Å². The van der Waals surface area contributed by atoms with E-state index >= 15 is 0 Å². The minimum Gasteiger partial charge on any atom is -0.460 e. The molecular weight excluding hydrogens is 795 g/mol. The molecule has 3 aliphatic carbocycles. The number of aromatic nitrogens is 3. The number of allylic oxidation sites excluding steroid dienone is 7. The van der Waals surface area contributed by atoms with Gasteiger partial charge in [0.25, 0.3) is 0 Å². The molecule has 3 heterocycles. The molecule has 308 valence electrons. The second kappa shape index (κ2) is 14.7. The molecule has 7 aromatic carbocycles. The summed E-state index contributed by atoms with van der Waals surface area (Å²) < 4.78 is 13.2. The van der Waals surface area contributed by atoms with Gasteiger partial charge < -0.3 is 9.15 Å². The first kappa shape index (κ1) is 37.4. The molecule has 4 aliphatic rings. The third-order valence-electron chi connectivity index (χ3n) is 13.8. The Bertz CT molecular complexity index is 3490. The summed E-state index contributed by atoms with van der Waals surface area (Å²) in [6.45, 7) is 2.25. The summed E-state index contributed by atoms with van der Waals surface area (Å²) in [5, 5.41) is 1.15. The van der Waals surface area contributed by atoms with Crippen molar-refractivity contribution >= 4 is 17.0 Å². The van der Waals surface area contributed by atoms with Crippen LogP contribution in [0.2, 0.25) is 0 Å². The van der Waals surface area contributed by atoms with E-state index in [9.17, 15) is 0 Å². The van der Waals surface area contributed by atoms with E-state index < -0.39 is 5.41 Å². The molecule has 0 radical (unpaired) electrons. The van der Waals surface area contributed by atoms with Gasteiger partial charge in [-0.2, -0.15) is 0 Å². The predicted octanol–water partition coefficient (Wildman–Crippen LogP) is 14.5. The Morgan fingerprint density at radius 1 is 0.554 bits per heavy atom. The van der Waals surface area contributed by atoms with Crippen LogP contribution in [0.25, 0.3) is 62.1 Å². The molecule has 0 saturated heterocycles. The largest absolute Gasteiger partial charge is 0.460 e. The van der Waals surface area contributed by atoms with Crippen LogP contribution in [0.3, 0.4) is 0 Å². The highest BCUT2D eigenvalue weighted by Gasteiger charge is 2.51. The predicted molar refractivity (Wildman–Crippen MR) is 260 cm³/mol. The lowest BCUT2D eigenvalue weighted by Crippen LogP contribution is -2.32. The van der Waals surface area contributed by atoms with Gasteiger partial charge in [-0.1, -0.05) is 189 Å². The van der Waals surface area contributed by atoms with Crippen molar-refractivity contribution in [3.8, 4) is 56.5 Å². The molecule has 1 aliphatic heterocycles. The summed E-state index contributed by atoms with van der Waals surface area (Å²) in [7, 11) is 0. The third-order valence-corrected chi connectivity index (χ3v) is 13.8. The molecule has 9 aromatic rings. The number of furan rings is 1. The van der Waals surface area contributed by atoms with Gasteiger partial charge in [0.2, 0.25) is 0 Å². The highest BCUT2D eigenvalue weighted by molar-refractivity contribution is 5.90. The van der Waals surface area contributed by atoms with Crippen LogP contribution >= 0.6 is 0 Å². The molecule has 0 amide bonds. The molecule has 0 N–H and O–H groups in total. The number of benzene rings is 7. The van der Waals surface area contributed by atoms with Crippen LogP contribution in [0.1, 0.15) is 52.2 Å². The van der Waals surface area contributed by atoms with Crippen LogP contribution in [-0.2, 0) is 11.8 Å². The molecule has 0 fully saturated rings. The highest BCUT2D eigenvalue weighted by atomic mass is 16.5. The maximum absolute atomic E-state index is 6.85. The summed E-state index contributed by atoms with van der Waals surface area (Å²) in [5.41, 5.74) is 15.4. The van der Waals surface area contributed by atoms with Gasteiger partial charge in [-0.25, -0.2) is 15.0 Å². The quantitative estimate of drug-likeness (QED) is 0.173. The van der Waals surface area contributed by atoms with E-state index in [1.54, 1.807) is 0 Å². The SMILES string of the molecule is CC1C=C(C2=CC=Cc3c(oc4ccccc34)C2)C=CC1c1nc(-c2ccccc2)nc(-c2cccc(-c3ccc4c(c3)Oc3ccccc3C43c4ccccc4-c4ccccc43)c2)n1. The third kappa shape index (κ3) is 5.89. The van der Waals surface area contributed by atoms with E-state index in [1.807, 2.05) is 30.3 Å². The fourth-order valence-corrected chi connectivity index (χ4v) is 10.7. The Morgan fingerprint density at radius 2 is 1.22 bits per heavy atom. The van der Waals surface area contributed by atoms with Gasteiger partial charge in [-0.15, -0.1) is 0 Å². The molecule has 65 heavy (non-hydrogen) atoms. The van der Waals surface area contributed by atoms with Gasteiger partial charge in [0.05, 0.1) is 5.41 Å². The van der Waals surface area contributed by atoms with Gasteiger partial charge in [0.15, 0.2) is 11.6 Å². The fraction of sp³-hybridized carbons (Fsp3) is 0.0833. The topological polar surface area (TPSA) is 61.0 Å². The Kier molecular flexibility index (Phi) is 8.47. The number of para-hydroxylation sites is 2. The standard InChI is InChI=1S/C60H41N3O2/c1-37-33-41(40-18-14-23-48-47-22-7-11-27-53(47)64-55(48)35-40)29-31-44(37)59-62-57(38-15-3-2-4-16-38)61-58(63-59)43-19-13-17-39(34-43)42-30-32-52-56(36-42)65-54-28-12-10-26-51(54)60(52)49-24-8-5-20-45(49)46-21-6-9-25-50(46)60/h2-34,36-37,44H,35H2,1H3. The van der Waals surface area contributed by atoms with Crippen LogP contribution in [0.15, 0.2) is 216 Å². The number of hydrogen-bond donors (Lipinski definition) is 0. The van der Waals surface area contributed by atoms with Crippen LogP contribution in [0.4, 0.5) is 0 Å². The van der Waals surface area contributed by atoms with E-state index in [0.29, 0.717) is 11.6 Å². The summed E-state index contributed by atoms with van der Waals surface area (Å²) in [6.07, 6.45) is 14.1. The minimum atomic E-state index is -0.505. The Labute approximate surface area is 377 Å². The normalized spacial score (nSPS) is 17.2. The molecule has 1 spiro atoms. The first-order valence-electron chi connectivity index (χ1n) is 22.4. The van der Waals surface area contributed by atoms with Gasteiger partial charge in [0, 0.05) is 45.5 Å². The second-order valence-corrected chi connectivity index (χ2v) is 17.5. The van der Waals surface area contributed by atoms with Crippen LogP contribution in [0, 0.1) is 5.92 Å². The summed E-state index contributed by atoms with van der Waals surface area (Å²) in [5.74, 6) is 4.85. The second-order valence-electron chi connectivity index (χ2n) is 17.5. The molecule has 0 bridgehead atoms. The molecule has 2 aromatic heterocycles. The smallest absolute Gasteiger partial charge is 0.163 e. The fourth-order valence-electron chi connectivity index (χ4n) is 10.7. The monoisotopic (exact) mass is 835 g/mol. The molecule has 0 saturated carbocycles. The van der Waals surface area contributed by atoms with Crippen molar-refractivity contribution in [1.29, 1.82) is 0 Å². The van der Waals surface area contributed by atoms with E-state index in [-0.39, 0.29) is 11.8 Å². The van der Waals surface area contributed by atoms with Gasteiger partial charge in [-0.05, 0) is 74.7 Å². The van der Waals surface area contributed by atoms with Crippen molar-refractivity contribution in [2.45, 2.75) is 24.7 Å². The van der Waals surface area contributed by atoms with Gasteiger partial charge >= 0.3 is 0 Å². The van der Waals surface area contributed by atoms with Crippen molar-refractivity contribution < 1.29 is 9.15 Å². The van der Waals surface area contributed by atoms with Crippen molar-refractivity contribution in [2.24, 2.45) is 5.92 Å². The first-order chi connectivity index (χ1) is 32.1. The van der Waals surface area contributed by atoms with E-state index in [2.05, 4.69) is 183 Å². The lowest BCUT2D eigenvalue weighted by molar-refractivity contribution is 0.436. The van der Waals surface area contributed by atoms with Crippen LogP contribution < -0.4 is 4.74 Å². The van der Waals surface area contributed by atoms with E-state index in [0.717, 1.165) is 79.4 Å². The Balaban J connectivity index is 0.866. The highest BCUT2D eigenvalue weighted by Crippen LogP contribution is 2.62. The number of fused-ring (bicyclic) bond motifs is 12. The zero-order valence-corrected chi connectivity index (χ0v) is 35.6. The molecule has 2 unspecified atom stereocenters. The summed E-state index contributed by atoms with van der Waals surface area (Å²) >= 11 is 0. The van der Waals surface area contributed by atoms with E-state index in [1.165, 1.54) is 33.4 Å². The Hall–Kier alpha value is -8.15. The number of rotatable bonds is 5. The van der Waals surface area contributed by atoms with Gasteiger partial charge in [-0.3, -0.25) is 0 Å². The van der Waals surface area contributed by atoms with Crippen molar-refractivity contribution in [2.75, 3.05) is 0 Å². The average Bonchev–Trinajstić information content (AvgIpc) is 3.76. The zero-order valence-electron chi connectivity index (χ0n) is 35.6. The minimum absolute atomic E-state index is 0.0475. The first-order valence-corrected chi connectivity index (χ1v) is 22.4. The van der Waals surface area contributed by atoms with Crippen LogP contribution in [0.5, 0.6) is 11.5 Å². The molecule has 13 rings (SSSR count). The number of ether oxygens (including phenoxy) is 1. The Morgan fingerprint density at radius 3 is 2.03 bits per heavy atom. The zero-order chi connectivity index (χ0) is 43.1. The maximum Gasteiger partial charge on any atom is 0.163 e. The summed E-state index contributed by atoms with van der Waals surface area (Å²) in [4.78, 5) is 15.6.